The molecule has 2 amide bonds. The number of amidine groups is 1. The Balaban J connectivity index is 1.48. The van der Waals surface area contributed by atoms with Crippen molar-refractivity contribution in [1.29, 1.82) is 0 Å². The smallest absolute Gasteiger partial charge is 0.414 e. The number of carbonyl (C=O) groups is 2. The molecule has 0 radical (unpaired) electrons. The molecule has 1 saturated heterocycles. The van der Waals surface area contributed by atoms with Gasteiger partial charge in [-0.15, -0.1) is 0 Å². The van der Waals surface area contributed by atoms with Crippen LogP contribution >= 0.6 is 0 Å². The van der Waals surface area contributed by atoms with Gasteiger partial charge in [-0.05, 0) is 41.1 Å². The second kappa shape index (κ2) is 9.00. The number of rotatable bonds is 6. The van der Waals surface area contributed by atoms with Crippen LogP contribution in [0.4, 0.5) is 10.5 Å². The number of aliphatic imine (C=N–C) groups is 1. The molecule has 10 heteroatoms. The number of fused-ring (bicyclic) bond motifs is 1. The maximum atomic E-state index is 12.7. The maximum Gasteiger partial charge on any atom is 0.414 e. The van der Waals surface area contributed by atoms with Crippen molar-refractivity contribution in [1.82, 2.24) is 0 Å². The van der Waals surface area contributed by atoms with Gasteiger partial charge in [-0.3, -0.25) is 13.9 Å². The maximum absolute atomic E-state index is 12.7. The molecule has 0 aliphatic carbocycles. The number of ether oxygens (including phenoxy) is 1. The molecule has 1 atom stereocenters. The quantitative estimate of drug-likeness (QED) is 0.335. The third kappa shape index (κ3) is 5.18. The first kappa shape index (κ1) is 22.4. The van der Waals surface area contributed by atoms with Gasteiger partial charge in [-0.2, -0.15) is 13.4 Å². The topological polar surface area (TPSA) is 128 Å². The lowest BCUT2D eigenvalue weighted by atomic mass is 10.0. The van der Waals surface area contributed by atoms with Gasteiger partial charge in [-0.1, -0.05) is 36.4 Å². The highest BCUT2D eigenvalue weighted by molar-refractivity contribution is 7.85. The molecule has 33 heavy (non-hydrogen) atoms. The second-order valence-corrected chi connectivity index (χ2v) is 9.12. The number of amides is 2. The Morgan fingerprint density at radius 3 is 2.55 bits per heavy atom. The molecule has 0 spiro atoms. The number of nitrogens with zero attached hydrogens (tertiary/aromatic N) is 2. The highest BCUT2D eigenvalue weighted by atomic mass is 32.2. The van der Waals surface area contributed by atoms with Gasteiger partial charge in [0.25, 0.3) is 16.0 Å². The van der Waals surface area contributed by atoms with Gasteiger partial charge in [0.05, 0.1) is 12.8 Å². The van der Waals surface area contributed by atoms with Crippen LogP contribution < -0.4 is 10.6 Å². The van der Waals surface area contributed by atoms with Gasteiger partial charge in [0.15, 0.2) is 0 Å². The van der Waals surface area contributed by atoms with Crippen molar-refractivity contribution in [3.05, 3.63) is 77.9 Å². The minimum absolute atomic E-state index is 0.0444. The van der Waals surface area contributed by atoms with Crippen molar-refractivity contribution in [2.75, 3.05) is 24.3 Å². The van der Waals surface area contributed by atoms with Crippen LogP contribution in [-0.2, 0) is 19.0 Å². The molecule has 2 N–H and O–H groups in total. The molecule has 1 heterocycles. The van der Waals surface area contributed by atoms with E-state index in [0.717, 1.165) is 17.0 Å². The van der Waals surface area contributed by atoms with E-state index in [1.54, 1.807) is 36.4 Å². The molecular formula is C23H21N3O6S. The normalized spacial score (nSPS) is 16.8. The number of hydrogen-bond donors (Lipinski definition) is 1. The third-order valence-corrected chi connectivity index (χ3v) is 5.62. The lowest BCUT2D eigenvalue weighted by molar-refractivity contribution is 0.100. The summed E-state index contributed by atoms with van der Waals surface area (Å²) < 4.78 is 32.1. The fraction of sp³-hybridized carbons (Fsp3) is 0.174. The fourth-order valence-corrected chi connectivity index (χ4v) is 3.88. The largest absolute Gasteiger partial charge is 0.441 e. The Bertz CT molecular complexity index is 1350. The number of hydrogen-bond acceptors (Lipinski definition) is 6. The van der Waals surface area contributed by atoms with Gasteiger partial charge in [-0.25, -0.2) is 4.79 Å². The average Bonchev–Trinajstić information content (AvgIpc) is 3.17. The Kier molecular flexibility index (Phi) is 6.12. The summed E-state index contributed by atoms with van der Waals surface area (Å²) in [5.74, 6) is -0.409. The lowest BCUT2D eigenvalue weighted by Crippen LogP contribution is -2.26. The van der Waals surface area contributed by atoms with E-state index in [1.807, 2.05) is 30.3 Å². The Morgan fingerprint density at radius 2 is 1.82 bits per heavy atom. The first-order chi connectivity index (χ1) is 15.7. The summed E-state index contributed by atoms with van der Waals surface area (Å²) in [7, 11) is -3.63. The third-order valence-electron chi connectivity index (χ3n) is 5.06. The molecule has 0 aromatic heterocycles. The van der Waals surface area contributed by atoms with Crippen LogP contribution in [0, 0.1) is 0 Å². The standard InChI is InChI=1S/C23H21N3O6S/c1-33(29,30)31-14-18-13-26(23(28)32-18)17-11-9-16(10-12-17)21(24)25-22(27)20-8-4-6-15-5-2-3-7-19(15)20/h2-12,18H,13-14H2,1H3,(H2,24,25,27). The average molecular weight is 468 g/mol. The van der Waals surface area contributed by atoms with Crippen LogP contribution in [0.3, 0.4) is 0 Å². The van der Waals surface area contributed by atoms with E-state index in [4.69, 9.17) is 14.7 Å². The molecule has 3 aromatic carbocycles. The Morgan fingerprint density at radius 1 is 1.12 bits per heavy atom. The monoisotopic (exact) mass is 467 g/mol. The molecule has 170 valence electrons. The van der Waals surface area contributed by atoms with Crippen LogP contribution in [0.5, 0.6) is 0 Å². The number of cyclic esters (lactones) is 1. The second-order valence-electron chi connectivity index (χ2n) is 7.48. The number of carbonyl (C=O) groups excluding carboxylic acids is 2. The summed E-state index contributed by atoms with van der Waals surface area (Å²) in [6.45, 7) is -0.119. The minimum Gasteiger partial charge on any atom is -0.441 e. The van der Waals surface area contributed by atoms with E-state index >= 15 is 0 Å². The van der Waals surface area contributed by atoms with Gasteiger partial charge >= 0.3 is 6.09 Å². The Hall–Kier alpha value is -3.76. The van der Waals surface area contributed by atoms with E-state index < -0.39 is 28.2 Å². The Labute approximate surface area is 190 Å². The van der Waals surface area contributed by atoms with Gasteiger partial charge in [0.2, 0.25) is 0 Å². The van der Waals surface area contributed by atoms with Crippen molar-refractivity contribution in [2.45, 2.75) is 6.10 Å². The minimum atomic E-state index is -3.63. The van der Waals surface area contributed by atoms with E-state index in [2.05, 4.69) is 4.99 Å². The van der Waals surface area contributed by atoms with Crippen molar-refractivity contribution in [2.24, 2.45) is 10.7 Å². The molecule has 1 aliphatic rings. The zero-order valence-corrected chi connectivity index (χ0v) is 18.5. The van der Waals surface area contributed by atoms with Crippen LogP contribution in [0.1, 0.15) is 15.9 Å². The van der Waals surface area contributed by atoms with Crippen LogP contribution in [0.25, 0.3) is 10.8 Å². The van der Waals surface area contributed by atoms with E-state index in [1.165, 1.54) is 4.90 Å². The molecule has 0 bridgehead atoms. The highest BCUT2D eigenvalue weighted by Gasteiger charge is 2.33. The first-order valence-electron chi connectivity index (χ1n) is 10.0. The van der Waals surface area contributed by atoms with E-state index in [-0.39, 0.29) is 19.0 Å². The van der Waals surface area contributed by atoms with E-state index in [0.29, 0.717) is 16.8 Å². The van der Waals surface area contributed by atoms with Gasteiger partial charge in [0, 0.05) is 16.8 Å². The van der Waals surface area contributed by atoms with Gasteiger partial charge in [0.1, 0.15) is 18.5 Å². The molecule has 9 nitrogen and oxygen atoms in total. The van der Waals surface area contributed by atoms with Crippen molar-refractivity contribution in [3.8, 4) is 0 Å². The van der Waals surface area contributed by atoms with Crippen LogP contribution in [-0.4, -0.2) is 51.8 Å². The molecule has 1 fully saturated rings. The highest BCUT2D eigenvalue weighted by Crippen LogP contribution is 2.23. The predicted molar refractivity (Wildman–Crippen MR) is 124 cm³/mol. The van der Waals surface area contributed by atoms with Crippen LogP contribution in [0.2, 0.25) is 0 Å². The number of anilines is 1. The number of nitrogens with two attached hydrogens (primary N) is 1. The summed E-state index contributed by atoms with van der Waals surface area (Å²) in [6, 6.07) is 19.5. The summed E-state index contributed by atoms with van der Waals surface area (Å²) in [4.78, 5) is 30.3. The molecule has 0 saturated carbocycles. The number of benzene rings is 3. The molecular weight excluding hydrogens is 446 g/mol. The molecule has 4 rings (SSSR count). The summed E-state index contributed by atoms with van der Waals surface area (Å²) in [6.07, 6.45) is -0.397. The summed E-state index contributed by atoms with van der Waals surface area (Å²) in [5, 5.41) is 1.72. The first-order valence-corrected chi connectivity index (χ1v) is 11.8. The van der Waals surface area contributed by atoms with Crippen LogP contribution in [0.15, 0.2) is 71.7 Å². The fourth-order valence-electron chi connectivity index (χ4n) is 3.48. The zero-order chi connectivity index (χ0) is 23.6. The SMILES string of the molecule is CS(=O)(=O)OCC1CN(c2ccc(C(N)=NC(=O)c3cccc4ccccc34)cc2)C(=O)O1. The van der Waals surface area contributed by atoms with Crippen molar-refractivity contribution >= 4 is 44.4 Å². The molecule has 1 unspecified atom stereocenters. The van der Waals surface area contributed by atoms with Crippen molar-refractivity contribution < 1.29 is 26.9 Å². The summed E-state index contributed by atoms with van der Waals surface area (Å²) in [5.41, 5.74) is 7.55. The van der Waals surface area contributed by atoms with E-state index in [9.17, 15) is 18.0 Å². The van der Waals surface area contributed by atoms with Crippen molar-refractivity contribution in [3.63, 3.8) is 0 Å². The molecule has 3 aromatic rings. The lowest BCUT2D eigenvalue weighted by Gasteiger charge is -2.13. The molecule has 1 aliphatic heterocycles. The van der Waals surface area contributed by atoms with Gasteiger partial charge < -0.3 is 10.5 Å². The summed E-state index contributed by atoms with van der Waals surface area (Å²) >= 11 is 0. The predicted octanol–water partition coefficient (Wildman–Crippen LogP) is 2.69. The zero-order valence-electron chi connectivity index (χ0n) is 17.7.